The summed E-state index contributed by atoms with van der Waals surface area (Å²) < 4.78 is 0. The van der Waals surface area contributed by atoms with Crippen LogP contribution in [0.4, 0.5) is 0 Å². The van der Waals surface area contributed by atoms with E-state index in [1.807, 2.05) is 6.92 Å². The number of rotatable bonds is 1. The first-order valence-electron chi connectivity index (χ1n) is 4.46. The normalized spacial score (nSPS) is 30.7. The van der Waals surface area contributed by atoms with E-state index in [2.05, 4.69) is 24.1 Å². The van der Waals surface area contributed by atoms with Crippen LogP contribution in [0.5, 0.6) is 0 Å². The van der Waals surface area contributed by atoms with E-state index in [9.17, 15) is 0 Å². The van der Waals surface area contributed by atoms with E-state index in [0.717, 1.165) is 12.3 Å². The van der Waals surface area contributed by atoms with Crippen molar-refractivity contribution in [3.63, 3.8) is 0 Å². The second kappa shape index (κ2) is 4.41. The van der Waals surface area contributed by atoms with Gasteiger partial charge in [-0.1, -0.05) is 6.92 Å². The first-order chi connectivity index (χ1) is 5.33. The fraction of sp³-hybridized carbons (Fsp3) is 0.800. The topological polar surface area (TPSA) is 12.0 Å². The number of hydrogen-bond acceptors (Lipinski definition) is 1. The van der Waals surface area contributed by atoms with Crippen LogP contribution in [0.25, 0.3) is 0 Å². The van der Waals surface area contributed by atoms with Crippen molar-refractivity contribution in [1.29, 1.82) is 0 Å². The van der Waals surface area contributed by atoms with E-state index in [0.29, 0.717) is 6.04 Å². The van der Waals surface area contributed by atoms with E-state index >= 15 is 0 Å². The van der Waals surface area contributed by atoms with Crippen LogP contribution in [0.15, 0.2) is 0 Å². The maximum absolute atomic E-state index is 3.48. The van der Waals surface area contributed by atoms with Crippen molar-refractivity contribution in [3.05, 3.63) is 0 Å². The van der Waals surface area contributed by atoms with Gasteiger partial charge in [-0.15, -0.1) is 11.8 Å². The first kappa shape index (κ1) is 8.62. The van der Waals surface area contributed by atoms with Gasteiger partial charge in [-0.05, 0) is 32.2 Å². The molecule has 1 N–H and O–H groups in total. The Bertz CT molecular complexity index is 163. The highest BCUT2D eigenvalue weighted by atomic mass is 14.9. The van der Waals surface area contributed by atoms with E-state index in [4.69, 9.17) is 0 Å². The lowest BCUT2D eigenvalue weighted by molar-refractivity contribution is 0.323. The summed E-state index contributed by atoms with van der Waals surface area (Å²) >= 11 is 0. The van der Waals surface area contributed by atoms with Gasteiger partial charge in [0.05, 0.1) is 0 Å². The highest BCUT2D eigenvalue weighted by molar-refractivity contribution is 4.99. The molecule has 1 aliphatic rings. The van der Waals surface area contributed by atoms with Crippen molar-refractivity contribution < 1.29 is 0 Å². The van der Waals surface area contributed by atoms with Gasteiger partial charge in [-0.25, -0.2) is 0 Å². The van der Waals surface area contributed by atoms with Crippen LogP contribution in [-0.2, 0) is 0 Å². The predicted octanol–water partition coefficient (Wildman–Crippen LogP) is 1.79. The summed E-state index contributed by atoms with van der Waals surface area (Å²) in [5.41, 5.74) is 0. The Balaban J connectivity index is 2.26. The minimum atomic E-state index is 0.659. The summed E-state index contributed by atoms with van der Waals surface area (Å²) in [6, 6.07) is 0.659. The summed E-state index contributed by atoms with van der Waals surface area (Å²) in [6.45, 7) is 5.41. The average Bonchev–Trinajstić information content (AvgIpc) is 2.01. The van der Waals surface area contributed by atoms with Crippen molar-refractivity contribution in [2.45, 2.75) is 39.2 Å². The van der Waals surface area contributed by atoms with Gasteiger partial charge in [0.1, 0.15) is 0 Å². The van der Waals surface area contributed by atoms with Crippen LogP contribution in [0, 0.1) is 17.8 Å². The summed E-state index contributed by atoms with van der Waals surface area (Å²) in [6.07, 6.45) is 3.66. The third kappa shape index (κ3) is 2.95. The van der Waals surface area contributed by atoms with Crippen LogP contribution in [0.2, 0.25) is 0 Å². The molecule has 1 aliphatic heterocycles. The molecular weight excluding hydrogens is 134 g/mol. The Labute approximate surface area is 69.6 Å². The Kier molecular flexibility index (Phi) is 3.45. The molecule has 2 atom stereocenters. The quantitative estimate of drug-likeness (QED) is 0.563. The molecule has 1 nitrogen and oxygen atoms in total. The zero-order chi connectivity index (χ0) is 8.10. The second-order valence-corrected chi connectivity index (χ2v) is 3.41. The third-order valence-electron chi connectivity index (χ3n) is 2.28. The zero-order valence-electron chi connectivity index (χ0n) is 7.48. The van der Waals surface area contributed by atoms with Gasteiger partial charge in [0, 0.05) is 12.5 Å². The fourth-order valence-corrected chi connectivity index (χ4v) is 1.60. The molecule has 1 fully saturated rings. The molecule has 0 aromatic rings. The molecule has 0 bridgehead atoms. The summed E-state index contributed by atoms with van der Waals surface area (Å²) in [5, 5.41) is 3.48. The largest absolute Gasteiger partial charge is 0.313 e. The van der Waals surface area contributed by atoms with Crippen LogP contribution < -0.4 is 5.32 Å². The Morgan fingerprint density at radius 3 is 3.00 bits per heavy atom. The molecule has 2 unspecified atom stereocenters. The van der Waals surface area contributed by atoms with E-state index in [1.54, 1.807) is 0 Å². The minimum absolute atomic E-state index is 0.659. The van der Waals surface area contributed by atoms with Crippen molar-refractivity contribution in [2.24, 2.45) is 5.92 Å². The van der Waals surface area contributed by atoms with Crippen molar-refractivity contribution in [3.8, 4) is 11.8 Å². The van der Waals surface area contributed by atoms with Gasteiger partial charge >= 0.3 is 0 Å². The lowest BCUT2D eigenvalue weighted by Crippen LogP contribution is -2.36. The van der Waals surface area contributed by atoms with Crippen LogP contribution in [0.1, 0.15) is 33.1 Å². The molecule has 62 valence electrons. The molecule has 1 rings (SSSR count). The van der Waals surface area contributed by atoms with Crippen LogP contribution in [0.3, 0.4) is 0 Å². The minimum Gasteiger partial charge on any atom is -0.313 e. The molecule has 0 saturated carbocycles. The molecule has 1 heteroatoms. The maximum Gasteiger partial charge on any atom is 0.0243 e. The molecule has 0 aromatic carbocycles. The average molecular weight is 151 g/mol. The first-order valence-corrected chi connectivity index (χ1v) is 4.46. The summed E-state index contributed by atoms with van der Waals surface area (Å²) in [7, 11) is 0. The number of nitrogens with one attached hydrogen (secondary N) is 1. The maximum atomic E-state index is 3.48. The van der Waals surface area contributed by atoms with E-state index in [-0.39, 0.29) is 0 Å². The Morgan fingerprint density at radius 1 is 1.55 bits per heavy atom. The van der Waals surface area contributed by atoms with Crippen LogP contribution >= 0.6 is 0 Å². The van der Waals surface area contributed by atoms with E-state index in [1.165, 1.54) is 19.4 Å². The number of hydrogen-bond donors (Lipinski definition) is 1. The van der Waals surface area contributed by atoms with E-state index < -0.39 is 0 Å². The number of piperidine rings is 1. The van der Waals surface area contributed by atoms with Gasteiger partial charge in [-0.3, -0.25) is 0 Å². The van der Waals surface area contributed by atoms with Gasteiger partial charge < -0.3 is 5.32 Å². The predicted molar refractivity (Wildman–Crippen MR) is 48.3 cm³/mol. The smallest absolute Gasteiger partial charge is 0.0243 e. The molecule has 0 amide bonds. The standard InChI is InChI=1S/C10H17N/c1-3-4-5-10-8-9(2)6-7-11-10/h9-11H,5-8H2,1-2H3. The third-order valence-corrected chi connectivity index (χ3v) is 2.28. The lowest BCUT2D eigenvalue weighted by Gasteiger charge is -2.26. The van der Waals surface area contributed by atoms with Crippen molar-refractivity contribution in [2.75, 3.05) is 6.54 Å². The molecule has 0 aliphatic carbocycles. The summed E-state index contributed by atoms with van der Waals surface area (Å²) in [4.78, 5) is 0. The molecule has 0 spiro atoms. The molecular formula is C10H17N. The highest BCUT2D eigenvalue weighted by Crippen LogP contribution is 2.16. The van der Waals surface area contributed by atoms with Crippen molar-refractivity contribution >= 4 is 0 Å². The van der Waals surface area contributed by atoms with Gasteiger partial charge in [0.25, 0.3) is 0 Å². The highest BCUT2D eigenvalue weighted by Gasteiger charge is 2.16. The van der Waals surface area contributed by atoms with Gasteiger partial charge in [0.15, 0.2) is 0 Å². The fourth-order valence-electron chi connectivity index (χ4n) is 1.60. The Morgan fingerprint density at radius 2 is 2.36 bits per heavy atom. The van der Waals surface area contributed by atoms with Crippen molar-refractivity contribution in [1.82, 2.24) is 5.32 Å². The molecule has 11 heavy (non-hydrogen) atoms. The monoisotopic (exact) mass is 151 g/mol. The second-order valence-electron chi connectivity index (χ2n) is 3.41. The summed E-state index contributed by atoms with van der Waals surface area (Å²) in [5.74, 6) is 6.95. The molecule has 1 saturated heterocycles. The Hall–Kier alpha value is -0.480. The lowest BCUT2D eigenvalue weighted by atomic mass is 9.93. The molecule has 1 heterocycles. The molecule has 0 radical (unpaired) electrons. The van der Waals surface area contributed by atoms with Gasteiger partial charge in [-0.2, -0.15) is 0 Å². The SMILES string of the molecule is CC#CCC1CC(C)CCN1. The van der Waals surface area contributed by atoms with Gasteiger partial charge in [0.2, 0.25) is 0 Å². The molecule has 0 aromatic heterocycles. The zero-order valence-corrected chi connectivity index (χ0v) is 7.48. The van der Waals surface area contributed by atoms with Crippen LogP contribution in [-0.4, -0.2) is 12.6 Å².